The van der Waals surface area contributed by atoms with E-state index in [4.69, 9.17) is 4.74 Å². The molecule has 0 aliphatic rings. The van der Waals surface area contributed by atoms with E-state index in [0.717, 1.165) is 11.8 Å². The lowest BCUT2D eigenvalue weighted by atomic mass is 10.2. The number of aromatic amines is 2. The number of anilines is 1. The summed E-state index contributed by atoms with van der Waals surface area (Å²) in [4.78, 5) is 37.0. The number of carbonyl (C=O) groups excluding carboxylic acids is 1. The van der Waals surface area contributed by atoms with Gasteiger partial charge in [-0.2, -0.15) is 5.10 Å². The molecule has 0 saturated heterocycles. The number of hydrogen-bond donors (Lipinski definition) is 3. The van der Waals surface area contributed by atoms with E-state index in [2.05, 4.69) is 20.5 Å². The quantitative estimate of drug-likeness (QED) is 0.677. The molecule has 2 rings (SSSR count). The first-order valence-electron chi connectivity index (χ1n) is 6.84. The van der Waals surface area contributed by atoms with Gasteiger partial charge in [0.1, 0.15) is 5.75 Å². The van der Waals surface area contributed by atoms with Crippen molar-refractivity contribution in [2.24, 2.45) is 0 Å². The minimum absolute atomic E-state index is 0.0429. The molecule has 1 unspecified atom stereocenters. The Labute approximate surface area is 135 Å². The predicted molar refractivity (Wildman–Crippen MR) is 87.0 cm³/mol. The molecule has 2 aromatic rings. The maximum Gasteiger partial charge on any atom is 0.342 e. The lowest BCUT2D eigenvalue weighted by Crippen LogP contribution is -2.29. The Kier molecular flexibility index (Phi) is 5.58. The molecule has 122 valence electrons. The number of H-pyrrole nitrogens is 2. The van der Waals surface area contributed by atoms with Crippen LogP contribution < -0.4 is 21.3 Å². The van der Waals surface area contributed by atoms with Crippen molar-refractivity contribution >= 4 is 23.4 Å². The van der Waals surface area contributed by atoms with Gasteiger partial charge in [0.15, 0.2) is 5.03 Å². The number of methoxy groups -OCH3 is 1. The van der Waals surface area contributed by atoms with Crippen LogP contribution in [0.4, 0.5) is 5.69 Å². The first-order valence-corrected chi connectivity index (χ1v) is 7.72. The number of aromatic nitrogens is 3. The minimum atomic E-state index is -0.685. The molecule has 8 nitrogen and oxygen atoms in total. The van der Waals surface area contributed by atoms with Crippen molar-refractivity contribution in [2.45, 2.75) is 23.6 Å². The SMILES string of the molecule is CCC(Sc1n[nH]c(=O)[nH]c1=O)C(=O)Nc1ccc(OC)cc1. The van der Waals surface area contributed by atoms with Gasteiger partial charge in [-0.3, -0.25) is 14.6 Å². The molecular weight excluding hydrogens is 320 g/mol. The smallest absolute Gasteiger partial charge is 0.342 e. The molecule has 23 heavy (non-hydrogen) atoms. The molecule has 1 amide bonds. The van der Waals surface area contributed by atoms with E-state index in [-0.39, 0.29) is 10.9 Å². The van der Waals surface area contributed by atoms with Crippen LogP contribution in [0.25, 0.3) is 0 Å². The number of hydrogen-bond acceptors (Lipinski definition) is 6. The molecule has 0 radical (unpaired) electrons. The third-order valence-electron chi connectivity index (χ3n) is 2.95. The molecule has 9 heteroatoms. The van der Waals surface area contributed by atoms with Crippen LogP contribution in [0.2, 0.25) is 0 Å². The fourth-order valence-electron chi connectivity index (χ4n) is 1.77. The van der Waals surface area contributed by atoms with Crippen molar-refractivity contribution < 1.29 is 9.53 Å². The van der Waals surface area contributed by atoms with Crippen LogP contribution in [0.5, 0.6) is 5.75 Å². The zero-order valence-corrected chi connectivity index (χ0v) is 13.4. The van der Waals surface area contributed by atoms with Gasteiger partial charge in [0, 0.05) is 5.69 Å². The summed E-state index contributed by atoms with van der Waals surface area (Å²) in [7, 11) is 1.56. The summed E-state index contributed by atoms with van der Waals surface area (Å²) >= 11 is 0.997. The Bertz CT molecular complexity index is 784. The van der Waals surface area contributed by atoms with Gasteiger partial charge in [-0.1, -0.05) is 18.7 Å². The van der Waals surface area contributed by atoms with Crippen LogP contribution >= 0.6 is 11.8 Å². The first kappa shape index (κ1) is 16.8. The zero-order chi connectivity index (χ0) is 16.8. The van der Waals surface area contributed by atoms with Gasteiger partial charge in [0.25, 0.3) is 5.56 Å². The van der Waals surface area contributed by atoms with Gasteiger partial charge < -0.3 is 10.1 Å². The maximum absolute atomic E-state index is 12.3. The summed E-state index contributed by atoms with van der Waals surface area (Å²) in [6.07, 6.45) is 0.493. The van der Waals surface area contributed by atoms with E-state index in [0.29, 0.717) is 17.9 Å². The Hall–Kier alpha value is -2.55. The molecule has 3 N–H and O–H groups in total. The molecule has 0 aliphatic heterocycles. The van der Waals surface area contributed by atoms with E-state index >= 15 is 0 Å². The van der Waals surface area contributed by atoms with Gasteiger partial charge in [0.2, 0.25) is 5.91 Å². The molecule has 0 saturated carbocycles. The summed E-state index contributed by atoms with van der Waals surface area (Å²) in [6.45, 7) is 1.82. The fraction of sp³-hybridized carbons (Fsp3) is 0.286. The topological polar surface area (TPSA) is 117 Å². The largest absolute Gasteiger partial charge is 0.497 e. The van der Waals surface area contributed by atoms with Gasteiger partial charge in [-0.15, -0.1) is 0 Å². The van der Waals surface area contributed by atoms with Crippen molar-refractivity contribution in [3.05, 3.63) is 45.1 Å². The van der Waals surface area contributed by atoms with Crippen LogP contribution in [0.15, 0.2) is 38.9 Å². The minimum Gasteiger partial charge on any atom is -0.497 e. The van der Waals surface area contributed by atoms with Gasteiger partial charge in [-0.05, 0) is 30.7 Å². The molecule has 0 aliphatic carbocycles. The summed E-state index contributed by atoms with van der Waals surface area (Å²) in [6, 6.07) is 6.91. The van der Waals surface area contributed by atoms with E-state index in [1.54, 1.807) is 31.4 Å². The second-order valence-electron chi connectivity index (χ2n) is 4.54. The highest BCUT2D eigenvalue weighted by Gasteiger charge is 2.20. The van der Waals surface area contributed by atoms with Crippen molar-refractivity contribution in [2.75, 3.05) is 12.4 Å². The number of ether oxygens (including phenoxy) is 1. The number of thioether (sulfide) groups is 1. The zero-order valence-electron chi connectivity index (χ0n) is 12.6. The van der Waals surface area contributed by atoms with E-state index in [1.807, 2.05) is 6.92 Å². The Morgan fingerprint density at radius 1 is 1.35 bits per heavy atom. The van der Waals surface area contributed by atoms with Gasteiger partial charge in [-0.25, -0.2) is 9.89 Å². The average Bonchev–Trinajstić information content (AvgIpc) is 2.54. The van der Waals surface area contributed by atoms with Crippen LogP contribution in [0.3, 0.4) is 0 Å². The van der Waals surface area contributed by atoms with Crippen molar-refractivity contribution in [1.29, 1.82) is 0 Å². The molecule has 0 fully saturated rings. The molecule has 1 atom stereocenters. The highest BCUT2D eigenvalue weighted by atomic mass is 32.2. The number of carbonyl (C=O) groups is 1. The van der Waals surface area contributed by atoms with Crippen molar-refractivity contribution in [3.63, 3.8) is 0 Å². The average molecular weight is 336 g/mol. The molecule has 1 aromatic carbocycles. The molecular formula is C14H16N4O4S. The number of nitrogens with zero attached hydrogens (tertiary/aromatic N) is 1. The fourth-order valence-corrected chi connectivity index (χ4v) is 2.63. The highest BCUT2D eigenvalue weighted by Crippen LogP contribution is 2.22. The summed E-state index contributed by atoms with van der Waals surface area (Å²) in [5.74, 6) is 0.434. The van der Waals surface area contributed by atoms with E-state index < -0.39 is 16.5 Å². The third-order valence-corrected chi connectivity index (χ3v) is 4.29. The number of amides is 1. The van der Waals surface area contributed by atoms with Crippen LogP contribution in [-0.4, -0.2) is 33.4 Å². The lowest BCUT2D eigenvalue weighted by molar-refractivity contribution is -0.115. The van der Waals surface area contributed by atoms with Crippen LogP contribution in [0.1, 0.15) is 13.3 Å². The van der Waals surface area contributed by atoms with Crippen molar-refractivity contribution in [3.8, 4) is 5.75 Å². The second-order valence-corrected chi connectivity index (χ2v) is 5.74. The van der Waals surface area contributed by atoms with Crippen LogP contribution in [-0.2, 0) is 4.79 Å². The van der Waals surface area contributed by atoms with E-state index in [9.17, 15) is 14.4 Å². The Morgan fingerprint density at radius 3 is 2.61 bits per heavy atom. The Balaban J connectivity index is 2.08. The second kappa shape index (κ2) is 7.63. The number of benzene rings is 1. The van der Waals surface area contributed by atoms with Crippen molar-refractivity contribution in [1.82, 2.24) is 15.2 Å². The van der Waals surface area contributed by atoms with Gasteiger partial charge >= 0.3 is 5.69 Å². The summed E-state index contributed by atoms with van der Waals surface area (Å²) in [5, 5.41) is 8.10. The van der Waals surface area contributed by atoms with Gasteiger partial charge in [0.05, 0.1) is 12.4 Å². The maximum atomic E-state index is 12.3. The van der Waals surface area contributed by atoms with E-state index in [1.165, 1.54) is 0 Å². The van der Waals surface area contributed by atoms with Crippen LogP contribution in [0, 0.1) is 0 Å². The predicted octanol–water partition coefficient (Wildman–Crippen LogP) is 0.976. The molecule has 1 heterocycles. The normalized spacial score (nSPS) is 11.7. The Morgan fingerprint density at radius 2 is 2.04 bits per heavy atom. The molecule has 0 bridgehead atoms. The molecule has 1 aromatic heterocycles. The highest BCUT2D eigenvalue weighted by molar-refractivity contribution is 8.00. The first-order chi connectivity index (χ1) is 11.0. The lowest BCUT2D eigenvalue weighted by Gasteiger charge is -2.13. The number of rotatable bonds is 6. The third kappa shape index (κ3) is 4.46. The monoisotopic (exact) mass is 336 g/mol. The summed E-state index contributed by atoms with van der Waals surface area (Å²) < 4.78 is 5.05. The number of nitrogens with one attached hydrogen (secondary N) is 3. The standard InChI is InChI=1S/C14H16N4O4S/c1-3-10(23-13-12(20)16-14(21)18-17-13)11(19)15-8-4-6-9(22-2)7-5-8/h4-7,10H,3H2,1-2H3,(H,15,19)(H2,16,18,20,21). The molecule has 0 spiro atoms. The summed E-state index contributed by atoms with van der Waals surface area (Å²) in [5.41, 5.74) is -0.678.